The van der Waals surface area contributed by atoms with E-state index >= 15 is 0 Å². The number of aldehydes is 1. The zero-order chi connectivity index (χ0) is 26.2. The van der Waals surface area contributed by atoms with Crippen molar-refractivity contribution in [3.05, 3.63) is 34.9 Å². The fourth-order valence-corrected chi connectivity index (χ4v) is 5.06. The molecule has 198 valence electrons. The molecule has 1 aromatic carbocycles. The first-order chi connectivity index (χ1) is 17.4. The van der Waals surface area contributed by atoms with Gasteiger partial charge >= 0.3 is 0 Å². The fourth-order valence-electron chi connectivity index (χ4n) is 5.06. The van der Waals surface area contributed by atoms with E-state index < -0.39 is 30.1 Å². The first-order valence-corrected chi connectivity index (χ1v) is 12.8. The molecule has 1 aliphatic heterocycles. The van der Waals surface area contributed by atoms with Gasteiger partial charge in [0.25, 0.3) is 0 Å². The van der Waals surface area contributed by atoms with Gasteiger partial charge in [0, 0.05) is 36.2 Å². The van der Waals surface area contributed by atoms with Crippen LogP contribution in [0.15, 0.2) is 23.8 Å². The van der Waals surface area contributed by atoms with Crippen LogP contribution in [0.25, 0.3) is 0 Å². The predicted molar refractivity (Wildman–Crippen MR) is 134 cm³/mol. The van der Waals surface area contributed by atoms with Crippen LogP contribution in [0.5, 0.6) is 11.5 Å². The molecule has 9 heteroatoms. The lowest BCUT2D eigenvalue weighted by Gasteiger charge is -2.41. The Morgan fingerprint density at radius 2 is 1.97 bits per heavy atom. The molecule has 0 fully saturated rings. The fraction of sp³-hybridized carbons (Fsp3) is 0.593. The smallest absolute Gasteiger partial charge is 0.247 e. The van der Waals surface area contributed by atoms with Gasteiger partial charge in [-0.1, -0.05) is 33.1 Å². The van der Waals surface area contributed by atoms with Crippen LogP contribution < -0.4 is 14.8 Å². The van der Waals surface area contributed by atoms with E-state index in [4.69, 9.17) is 9.47 Å². The minimum atomic E-state index is -1.10. The largest absolute Gasteiger partial charge is 0.493 e. The molecule has 9 nitrogen and oxygen atoms in total. The molecular weight excluding hydrogens is 464 g/mol. The van der Waals surface area contributed by atoms with Crippen LogP contribution in [0.3, 0.4) is 0 Å². The molecule has 4 atom stereocenters. The average molecular weight is 503 g/mol. The van der Waals surface area contributed by atoms with Gasteiger partial charge in [0.2, 0.25) is 11.8 Å². The van der Waals surface area contributed by atoms with Gasteiger partial charge in [0.1, 0.15) is 18.5 Å². The first-order valence-electron chi connectivity index (χ1n) is 12.8. The molecule has 2 aliphatic rings. The van der Waals surface area contributed by atoms with Crippen molar-refractivity contribution in [3.63, 3.8) is 0 Å². The van der Waals surface area contributed by atoms with Crippen molar-refractivity contribution >= 4 is 18.1 Å². The van der Waals surface area contributed by atoms with Crippen LogP contribution in [-0.4, -0.2) is 78.3 Å². The molecule has 0 spiro atoms. The molecule has 2 amide bonds. The third-order valence-corrected chi connectivity index (χ3v) is 6.81. The van der Waals surface area contributed by atoms with E-state index in [9.17, 15) is 24.6 Å². The average Bonchev–Trinajstić information content (AvgIpc) is 3.27. The van der Waals surface area contributed by atoms with Gasteiger partial charge in [0.05, 0.1) is 25.7 Å². The monoisotopic (exact) mass is 502 g/mol. The SMILES string of the molecule is CCCCCCN(C(=O)CCC)C1C=C(C(=O)NCCO)C2c3cc(C=O)cc(OC)c3OC2C1O. The Labute approximate surface area is 212 Å². The second kappa shape index (κ2) is 12.9. The number of ether oxygens (including phenoxy) is 2. The minimum Gasteiger partial charge on any atom is -0.493 e. The first kappa shape index (κ1) is 27.7. The van der Waals surface area contributed by atoms with Crippen molar-refractivity contribution < 1.29 is 34.1 Å². The second-order valence-corrected chi connectivity index (χ2v) is 9.30. The number of methoxy groups -OCH3 is 1. The number of nitrogens with zero attached hydrogens (tertiary/aromatic N) is 1. The Kier molecular flexibility index (Phi) is 9.89. The third kappa shape index (κ3) is 5.73. The highest BCUT2D eigenvalue weighted by atomic mass is 16.5. The molecule has 0 saturated heterocycles. The summed E-state index contributed by atoms with van der Waals surface area (Å²) in [5, 5.41) is 23.5. The summed E-state index contributed by atoms with van der Waals surface area (Å²) >= 11 is 0. The Morgan fingerprint density at radius 1 is 1.19 bits per heavy atom. The number of carbonyl (C=O) groups is 3. The van der Waals surface area contributed by atoms with E-state index in [0.717, 1.165) is 25.7 Å². The predicted octanol–water partition coefficient (Wildman–Crippen LogP) is 2.34. The number of fused-ring (bicyclic) bond motifs is 3. The van der Waals surface area contributed by atoms with Crippen LogP contribution in [0.2, 0.25) is 0 Å². The van der Waals surface area contributed by atoms with Gasteiger partial charge in [-0.2, -0.15) is 0 Å². The summed E-state index contributed by atoms with van der Waals surface area (Å²) in [4.78, 5) is 39.6. The minimum absolute atomic E-state index is 0.0572. The number of rotatable bonds is 13. The zero-order valence-corrected chi connectivity index (χ0v) is 21.4. The van der Waals surface area contributed by atoms with Crippen LogP contribution in [0, 0.1) is 0 Å². The number of amides is 2. The van der Waals surface area contributed by atoms with Gasteiger partial charge in [-0.3, -0.25) is 14.4 Å². The van der Waals surface area contributed by atoms with Gasteiger partial charge in [0.15, 0.2) is 11.5 Å². The van der Waals surface area contributed by atoms with E-state index in [2.05, 4.69) is 12.2 Å². The number of hydrogen-bond donors (Lipinski definition) is 3. The molecule has 0 radical (unpaired) electrons. The van der Waals surface area contributed by atoms with Gasteiger partial charge in [-0.05, 0) is 31.1 Å². The summed E-state index contributed by atoms with van der Waals surface area (Å²) < 4.78 is 11.6. The van der Waals surface area contributed by atoms with Crippen LogP contribution in [0.4, 0.5) is 0 Å². The summed E-state index contributed by atoms with van der Waals surface area (Å²) in [6.45, 7) is 4.34. The van der Waals surface area contributed by atoms with E-state index in [1.165, 1.54) is 7.11 Å². The molecule has 1 aromatic rings. The number of benzene rings is 1. The number of unbranched alkanes of at least 4 members (excludes halogenated alkanes) is 3. The quantitative estimate of drug-likeness (QED) is 0.279. The molecule has 1 heterocycles. The Morgan fingerprint density at radius 3 is 2.61 bits per heavy atom. The summed E-state index contributed by atoms with van der Waals surface area (Å²) in [6.07, 6.45) is 5.25. The van der Waals surface area contributed by atoms with Crippen LogP contribution in [-0.2, 0) is 9.59 Å². The Hall–Kier alpha value is -2.91. The standard InChI is InChI=1S/C27H38N2O7/c1-4-6-7-8-11-29(22(32)9-5-2)20-15-19(27(34)28-10-12-30)23-18-13-17(16-31)14-21(35-3)25(18)36-26(23)24(20)33/h13-16,20,23-24,26,30,33H,4-12H2,1-3H3,(H,28,34). The maximum Gasteiger partial charge on any atom is 0.247 e. The van der Waals surface area contributed by atoms with Gasteiger partial charge in [-0.25, -0.2) is 0 Å². The normalized spacial score (nSPS) is 22.1. The lowest BCUT2D eigenvalue weighted by Crippen LogP contribution is -2.56. The highest BCUT2D eigenvalue weighted by Gasteiger charge is 2.51. The highest BCUT2D eigenvalue weighted by molar-refractivity contribution is 5.96. The molecule has 3 rings (SSSR count). The highest BCUT2D eigenvalue weighted by Crippen LogP contribution is 2.51. The molecular formula is C27H38N2O7. The van der Waals surface area contributed by atoms with Crippen molar-refractivity contribution in [3.8, 4) is 11.5 Å². The molecule has 0 aromatic heterocycles. The summed E-state index contributed by atoms with van der Waals surface area (Å²) in [5.74, 6) is -0.465. The topological polar surface area (TPSA) is 125 Å². The van der Waals surface area contributed by atoms with Crippen molar-refractivity contribution in [1.29, 1.82) is 0 Å². The maximum atomic E-state index is 13.3. The number of aliphatic hydroxyl groups excluding tert-OH is 2. The lowest BCUT2D eigenvalue weighted by atomic mass is 9.77. The van der Waals surface area contributed by atoms with Gasteiger partial charge < -0.3 is 29.9 Å². The Balaban J connectivity index is 2.07. The summed E-state index contributed by atoms with van der Waals surface area (Å²) in [7, 11) is 1.46. The molecule has 0 bridgehead atoms. The van der Waals surface area contributed by atoms with Crippen molar-refractivity contribution in [2.45, 2.75) is 76.5 Å². The van der Waals surface area contributed by atoms with E-state index in [-0.39, 0.29) is 19.1 Å². The molecule has 36 heavy (non-hydrogen) atoms. The Bertz CT molecular complexity index is 977. The van der Waals surface area contributed by atoms with E-state index in [1.54, 1.807) is 23.1 Å². The number of nitrogens with one attached hydrogen (secondary N) is 1. The van der Waals surface area contributed by atoms with Crippen molar-refractivity contribution in [2.75, 3.05) is 26.8 Å². The van der Waals surface area contributed by atoms with E-state index in [0.29, 0.717) is 53.9 Å². The molecule has 1 aliphatic carbocycles. The number of aliphatic hydroxyl groups is 2. The number of carbonyl (C=O) groups excluding carboxylic acids is 3. The molecule has 3 N–H and O–H groups in total. The number of hydrogen-bond acceptors (Lipinski definition) is 7. The molecule has 4 unspecified atom stereocenters. The van der Waals surface area contributed by atoms with E-state index in [1.807, 2.05) is 6.92 Å². The van der Waals surface area contributed by atoms with Crippen molar-refractivity contribution in [2.24, 2.45) is 0 Å². The van der Waals surface area contributed by atoms with Crippen molar-refractivity contribution in [1.82, 2.24) is 10.2 Å². The van der Waals surface area contributed by atoms with Gasteiger partial charge in [-0.15, -0.1) is 0 Å². The zero-order valence-electron chi connectivity index (χ0n) is 21.4. The lowest BCUT2D eigenvalue weighted by molar-refractivity contribution is -0.137. The van der Waals surface area contributed by atoms with Crippen LogP contribution in [0.1, 0.15) is 74.2 Å². The molecule has 0 saturated carbocycles. The maximum absolute atomic E-state index is 13.3. The second-order valence-electron chi connectivity index (χ2n) is 9.30. The third-order valence-electron chi connectivity index (χ3n) is 6.81. The summed E-state index contributed by atoms with van der Waals surface area (Å²) in [5.41, 5.74) is 1.26. The summed E-state index contributed by atoms with van der Waals surface area (Å²) in [6, 6.07) is 2.43. The van der Waals surface area contributed by atoms with Crippen LogP contribution >= 0.6 is 0 Å².